The van der Waals surface area contributed by atoms with Crippen molar-refractivity contribution in [1.29, 1.82) is 5.26 Å². The normalized spacial score (nSPS) is 20.4. The van der Waals surface area contributed by atoms with E-state index in [2.05, 4.69) is 45.2 Å². The number of nitrogens with zero attached hydrogens (tertiary/aromatic N) is 4. The third-order valence-corrected chi connectivity index (χ3v) is 6.46. The Hall–Kier alpha value is -3.63. The number of methoxy groups -OCH3 is 1. The summed E-state index contributed by atoms with van der Waals surface area (Å²) in [5.74, 6) is 2.32. The maximum atomic E-state index is 8.95. The number of ether oxygens (including phenoxy) is 2. The molecule has 5 rings (SSSR count). The largest absolute Gasteiger partial charge is 0.497 e. The lowest BCUT2D eigenvalue weighted by molar-refractivity contribution is 0.0876. The maximum Gasteiger partial charge on any atom is 0.233 e. The van der Waals surface area contributed by atoms with E-state index in [0.29, 0.717) is 18.0 Å². The van der Waals surface area contributed by atoms with Gasteiger partial charge in [-0.2, -0.15) is 5.26 Å². The zero-order chi connectivity index (χ0) is 23.3. The number of fused-ring (bicyclic) bond motifs is 1. The van der Waals surface area contributed by atoms with Crippen LogP contribution in [0.15, 0.2) is 59.3 Å². The molecule has 2 aromatic heterocycles. The quantitative estimate of drug-likeness (QED) is 0.480. The van der Waals surface area contributed by atoms with Crippen LogP contribution in [0.3, 0.4) is 0 Å². The Balaban J connectivity index is 1.55. The topological polar surface area (TPSA) is 84.4 Å². The third-order valence-electron chi connectivity index (χ3n) is 6.46. The van der Waals surface area contributed by atoms with E-state index >= 15 is 0 Å². The van der Waals surface area contributed by atoms with Gasteiger partial charge in [-0.05, 0) is 43.5 Å². The fraction of sp³-hybridized carbons (Fsp3) is 0.370. The van der Waals surface area contributed by atoms with Gasteiger partial charge in [0.2, 0.25) is 11.6 Å². The molecular formula is C27H28N4O3. The van der Waals surface area contributed by atoms with Crippen molar-refractivity contribution in [2.45, 2.75) is 37.7 Å². The van der Waals surface area contributed by atoms with Crippen molar-refractivity contribution in [2.75, 3.05) is 26.7 Å². The van der Waals surface area contributed by atoms with Crippen LogP contribution in [0.5, 0.6) is 11.6 Å². The van der Waals surface area contributed by atoms with Gasteiger partial charge in [0.25, 0.3) is 0 Å². The number of hydrogen-bond acceptors (Lipinski definition) is 7. The summed E-state index contributed by atoms with van der Waals surface area (Å²) in [4.78, 5) is 11.3. The lowest BCUT2D eigenvalue weighted by Crippen LogP contribution is -2.41. The van der Waals surface area contributed by atoms with Crippen LogP contribution in [0.25, 0.3) is 22.2 Å². The zero-order valence-corrected chi connectivity index (χ0v) is 19.3. The van der Waals surface area contributed by atoms with Crippen molar-refractivity contribution in [3.05, 3.63) is 60.7 Å². The number of aromatic nitrogens is 2. The summed E-state index contributed by atoms with van der Waals surface area (Å²) in [5, 5.41) is 9.75. The van der Waals surface area contributed by atoms with Crippen LogP contribution in [-0.4, -0.2) is 47.7 Å². The van der Waals surface area contributed by atoms with Crippen molar-refractivity contribution in [2.24, 2.45) is 0 Å². The predicted octanol–water partition coefficient (Wildman–Crippen LogP) is 5.25. The van der Waals surface area contributed by atoms with E-state index < -0.39 is 0 Å². The van der Waals surface area contributed by atoms with Gasteiger partial charge in [-0.3, -0.25) is 4.90 Å². The average Bonchev–Trinajstić information content (AvgIpc) is 3.29. The molecule has 2 atom stereocenters. The molecule has 0 radical (unpaired) electrons. The molecular weight excluding hydrogens is 428 g/mol. The number of benzene rings is 1. The third kappa shape index (κ3) is 4.55. The summed E-state index contributed by atoms with van der Waals surface area (Å²) in [6.07, 6.45) is 13.3. The first-order valence-electron chi connectivity index (χ1n) is 11.8. The highest BCUT2D eigenvalue weighted by atomic mass is 16.5. The Morgan fingerprint density at radius 1 is 1.21 bits per heavy atom. The molecule has 0 spiro atoms. The Morgan fingerprint density at radius 3 is 2.85 bits per heavy atom. The van der Waals surface area contributed by atoms with Gasteiger partial charge in [0.15, 0.2) is 0 Å². The van der Waals surface area contributed by atoms with E-state index in [-0.39, 0.29) is 12.0 Å². The van der Waals surface area contributed by atoms with Gasteiger partial charge in [0.1, 0.15) is 29.3 Å². The fourth-order valence-corrected chi connectivity index (χ4v) is 4.77. The minimum absolute atomic E-state index is 0.00474. The molecule has 0 bridgehead atoms. The number of allylic oxidation sites excluding steroid dienone is 4. The molecule has 0 saturated carbocycles. The highest BCUT2D eigenvalue weighted by Crippen LogP contribution is 2.44. The second-order valence-corrected chi connectivity index (χ2v) is 8.67. The number of piperidine rings is 1. The molecule has 2 unspecified atom stereocenters. The molecule has 174 valence electrons. The summed E-state index contributed by atoms with van der Waals surface area (Å²) in [7, 11) is 1.66. The number of furan rings is 1. The van der Waals surface area contributed by atoms with Gasteiger partial charge in [-0.1, -0.05) is 36.4 Å². The minimum Gasteiger partial charge on any atom is -0.497 e. The molecule has 7 nitrogen and oxygen atoms in total. The highest BCUT2D eigenvalue weighted by Gasteiger charge is 2.28. The molecule has 1 aliphatic carbocycles. The van der Waals surface area contributed by atoms with Crippen LogP contribution >= 0.6 is 0 Å². The first-order valence-corrected chi connectivity index (χ1v) is 11.8. The second-order valence-electron chi connectivity index (χ2n) is 8.67. The molecule has 3 heterocycles. The van der Waals surface area contributed by atoms with Gasteiger partial charge >= 0.3 is 0 Å². The SMILES string of the molecule is COc1ccc(-c2c(C3C=CC=CC3)oc3ncnc(OC4CCCN(CCC#N)C4)c23)cc1. The van der Waals surface area contributed by atoms with E-state index in [4.69, 9.17) is 19.2 Å². The molecule has 0 amide bonds. The Morgan fingerprint density at radius 2 is 2.09 bits per heavy atom. The van der Waals surface area contributed by atoms with Crippen LogP contribution in [0.1, 0.15) is 37.4 Å². The monoisotopic (exact) mass is 456 g/mol. The second kappa shape index (κ2) is 10.1. The van der Waals surface area contributed by atoms with E-state index in [1.165, 1.54) is 6.33 Å². The average molecular weight is 457 g/mol. The van der Waals surface area contributed by atoms with Gasteiger partial charge in [0, 0.05) is 31.0 Å². The molecule has 3 aromatic rings. The first-order chi connectivity index (χ1) is 16.8. The zero-order valence-electron chi connectivity index (χ0n) is 19.3. The summed E-state index contributed by atoms with van der Waals surface area (Å²) in [6.45, 7) is 2.55. The van der Waals surface area contributed by atoms with E-state index in [0.717, 1.165) is 66.9 Å². The molecule has 1 aromatic carbocycles. The molecule has 0 N–H and O–H groups in total. The molecule has 1 fully saturated rings. The van der Waals surface area contributed by atoms with Crippen LogP contribution in [-0.2, 0) is 0 Å². The van der Waals surface area contributed by atoms with E-state index in [9.17, 15) is 0 Å². The maximum absolute atomic E-state index is 8.95. The van der Waals surface area contributed by atoms with E-state index in [1.54, 1.807) is 7.11 Å². The summed E-state index contributed by atoms with van der Waals surface area (Å²) >= 11 is 0. The lowest BCUT2D eigenvalue weighted by Gasteiger charge is -2.32. The number of likely N-dealkylation sites (tertiary alicyclic amines) is 1. The van der Waals surface area contributed by atoms with Gasteiger partial charge in [-0.15, -0.1) is 0 Å². The predicted molar refractivity (Wildman–Crippen MR) is 130 cm³/mol. The smallest absolute Gasteiger partial charge is 0.233 e. The molecule has 1 saturated heterocycles. The van der Waals surface area contributed by atoms with E-state index in [1.807, 2.05) is 24.3 Å². The summed E-state index contributed by atoms with van der Waals surface area (Å²) < 4.78 is 18.2. The summed E-state index contributed by atoms with van der Waals surface area (Å²) in [6, 6.07) is 10.2. The number of nitriles is 1. The number of rotatable bonds is 7. The van der Waals surface area contributed by atoms with Gasteiger partial charge in [-0.25, -0.2) is 9.97 Å². The Kier molecular flexibility index (Phi) is 6.59. The summed E-state index contributed by atoms with van der Waals surface area (Å²) in [5.41, 5.74) is 2.51. The lowest BCUT2D eigenvalue weighted by atomic mass is 9.92. The van der Waals surface area contributed by atoms with Crippen molar-refractivity contribution >= 4 is 11.1 Å². The van der Waals surface area contributed by atoms with Crippen LogP contribution in [0.2, 0.25) is 0 Å². The number of hydrogen-bond donors (Lipinski definition) is 0. The molecule has 2 aliphatic rings. The Bertz CT molecular complexity index is 1240. The van der Waals surface area contributed by atoms with Gasteiger partial charge in [0.05, 0.1) is 13.2 Å². The fourth-order valence-electron chi connectivity index (χ4n) is 4.77. The van der Waals surface area contributed by atoms with Crippen molar-refractivity contribution < 1.29 is 13.9 Å². The first kappa shape index (κ1) is 22.2. The van der Waals surface area contributed by atoms with Crippen molar-refractivity contribution in [3.63, 3.8) is 0 Å². The molecule has 1 aliphatic heterocycles. The standard InChI is InChI=1S/C27H28N4O3/c1-32-21-12-10-19(11-13-21)23-24-26(33-22-9-5-15-31(17-22)16-6-14-28)29-18-30-27(24)34-25(23)20-7-3-2-4-8-20/h2-4,7,10-13,18,20,22H,5-6,8-9,15-17H2,1H3. The van der Waals surface area contributed by atoms with Crippen LogP contribution in [0, 0.1) is 11.3 Å². The minimum atomic E-state index is 0.00474. The van der Waals surface area contributed by atoms with Crippen LogP contribution in [0.4, 0.5) is 0 Å². The molecule has 34 heavy (non-hydrogen) atoms. The van der Waals surface area contributed by atoms with Crippen molar-refractivity contribution in [1.82, 2.24) is 14.9 Å². The molecule has 7 heteroatoms. The van der Waals surface area contributed by atoms with Gasteiger partial charge < -0.3 is 13.9 Å². The van der Waals surface area contributed by atoms with Crippen LogP contribution < -0.4 is 9.47 Å². The van der Waals surface area contributed by atoms with Crippen molar-refractivity contribution in [3.8, 4) is 28.8 Å². The highest BCUT2D eigenvalue weighted by molar-refractivity contribution is 5.98. The Labute approximate surface area is 199 Å².